The van der Waals surface area contributed by atoms with Crippen molar-refractivity contribution in [1.29, 1.82) is 5.26 Å². The molecule has 2 aromatic heterocycles. The van der Waals surface area contributed by atoms with E-state index < -0.39 is 0 Å². The van der Waals surface area contributed by atoms with Crippen molar-refractivity contribution in [3.05, 3.63) is 42.1 Å². The highest BCUT2D eigenvalue weighted by molar-refractivity contribution is 5.92. The highest BCUT2D eigenvalue weighted by atomic mass is 16.2. The molecule has 2 aromatic rings. The molecule has 1 aliphatic heterocycles. The topological polar surface area (TPSA) is 86.8 Å². The summed E-state index contributed by atoms with van der Waals surface area (Å²) in [6.07, 6.45) is 6.81. The summed E-state index contributed by atoms with van der Waals surface area (Å²) in [5.41, 5.74) is 0.979. The summed E-state index contributed by atoms with van der Waals surface area (Å²) in [5.74, 6) is 0.686. The van der Waals surface area contributed by atoms with Crippen LogP contribution in [0.15, 0.2) is 30.9 Å². The van der Waals surface area contributed by atoms with Gasteiger partial charge in [-0.1, -0.05) is 0 Å². The van der Waals surface area contributed by atoms with E-state index in [0.29, 0.717) is 17.8 Å². The first-order chi connectivity index (χ1) is 11.2. The Bertz CT molecular complexity index is 730. The van der Waals surface area contributed by atoms with Crippen LogP contribution in [0.5, 0.6) is 0 Å². The Morgan fingerprint density at radius 1 is 1.43 bits per heavy atom. The molecule has 0 saturated carbocycles. The van der Waals surface area contributed by atoms with Gasteiger partial charge >= 0.3 is 0 Å². The van der Waals surface area contributed by atoms with Gasteiger partial charge in [-0.3, -0.25) is 4.79 Å². The number of anilines is 1. The number of rotatable bonds is 3. The lowest BCUT2D eigenvalue weighted by Gasteiger charge is -2.33. The first kappa shape index (κ1) is 15.0. The monoisotopic (exact) mass is 310 g/mol. The van der Waals surface area contributed by atoms with Crippen LogP contribution in [0.2, 0.25) is 0 Å². The third-order valence-corrected chi connectivity index (χ3v) is 3.90. The largest absolute Gasteiger partial charge is 0.355 e. The molecule has 0 aliphatic carbocycles. The van der Waals surface area contributed by atoms with Gasteiger partial charge in [0.1, 0.15) is 17.6 Å². The molecule has 1 saturated heterocycles. The van der Waals surface area contributed by atoms with Crippen molar-refractivity contribution in [2.75, 3.05) is 18.0 Å². The fourth-order valence-electron chi connectivity index (χ4n) is 2.73. The van der Waals surface area contributed by atoms with Crippen LogP contribution in [-0.4, -0.2) is 39.6 Å². The molecule has 1 aliphatic rings. The van der Waals surface area contributed by atoms with Gasteiger partial charge < -0.3 is 14.8 Å². The van der Waals surface area contributed by atoms with Crippen LogP contribution in [0.3, 0.4) is 0 Å². The molecular formula is C16H18N6O. The molecule has 1 N–H and O–H groups in total. The van der Waals surface area contributed by atoms with Crippen molar-refractivity contribution in [2.24, 2.45) is 7.05 Å². The summed E-state index contributed by atoms with van der Waals surface area (Å²) in [5, 5.41) is 11.9. The van der Waals surface area contributed by atoms with E-state index in [2.05, 4.69) is 26.3 Å². The maximum atomic E-state index is 12.2. The smallest absolute Gasteiger partial charge is 0.271 e. The fourth-order valence-corrected chi connectivity index (χ4v) is 2.73. The van der Waals surface area contributed by atoms with E-state index in [1.807, 2.05) is 13.1 Å². The van der Waals surface area contributed by atoms with Crippen LogP contribution in [0, 0.1) is 11.3 Å². The zero-order valence-electron chi connectivity index (χ0n) is 12.9. The quantitative estimate of drug-likeness (QED) is 0.917. The SMILES string of the molecule is Cn1cnc(C(=O)NC2CCCN(c3ccc(C#N)cn3)C2)c1. The van der Waals surface area contributed by atoms with Gasteiger partial charge in [0.2, 0.25) is 0 Å². The standard InChI is InChI=1S/C16H18N6O/c1-21-10-14(19-11-21)16(23)20-13-3-2-6-22(9-13)15-5-4-12(7-17)8-18-15/h4-5,8,10-11,13H,2-3,6,9H2,1H3,(H,20,23). The van der Waals surface area contributed by atoms with Crippen molar-refractivity contribution >= 4 is 11.7 Å². The van der Waals surface area contributed by atoms with Gasteiger partial charge in [-0.15, -0.1) is 0 Å². The van der Waals surface area contributed by atoms with E-state index in [1.165, 1.54) is 0 Å². The first-order valence-corrected chi connectivity index (χ1v) is 7.55. The number of hydrogen-bond donors (Lipinski definition) is 1. The Kier molecular flexibility index (Phi) is 4.24. The summed E-state index contributed by atoms with van der Waals surface area (Å²) in [6.45, 7) is 1.60. The van der Waals surface area contributed by atoms with E-state index >= 15 is 0 Å². The number of piperidine rings is 1. The number of nitrogens with zero attached hydrogens (tertiary/aromatic N) is 5. The maximum Gasteiger partial charge on any atom is 0.271 e. The summed E-state index contributed by atoms with van der Waals surface area (Å²) < 4.78 is 1.75. The van der Waals surface area contributed by atoms with Crippen molar-refractivity contribution in [3.8, 4) is 6.07 Å². The molecule has 0 bridgehead atoms. The Balaban J connectivity index is 1.63. The lowest BCUT2D eigenvalue weighted by atomic mass is 10.1. The molecule has 1 amide bonds. The number of carbonyl (C=O) groups is 1. The summed E-state index contributed by atoms with van der Waals surface area (Å²) >= 11 is 0. The van der Waals surface area contributed by atoms with E-state index in [0.717, 1.165) is 25.2 Å². The van der Waals surface area contributed by atoms with Crippen molar-refractivity contribution in [2.45, 2.75) is 18.9 Å². The van der Waals surface area contributed by atoms with Gasteiger partial charge in [0.05, 0.1) is 11.9 Å². The minimum Gasteiger partial charge on any atom is -0.355 e. The van der Waals surface area contributed by atoms with Gasteiger partial charge in [-0.05, 0) is 25.0 Å². The van der Waals surface area contributed by atoms with Gasteiger partial charge in [0.25, 0.3) is 5.91 Å². The zero-order chi connectivity index (χ0) is 16.2. The maximum absolute atomic E-state index is 12.2. The molecule has 0 radical (unpaired) electrons. The molecule has 0 aromatic carbocycles. The van der Waals surface area contributed by atoms with E-state index in [9.17, 15) is 4.79 Å². The number of aryl methyl sites for hydroxylation is 1. The number of hydrogen-bond acceptors (Lipinski definition) is 5. The predicted octanol–water partition coefficient (Wildman–Crippen LogP) is 1.09. The number of imidazole rings is 1. The number of aromatic nitrogens is 3. The minimum absolute atomic E-state index is 0.0655. The average molecular weight is 310 g/mol. The first-order valence-electron chi connectivity index (χ1n) is 7.55. The number of carbonyl (C=O) groups excluding carboxylic acids is 1. The molecule has 118 valence electrons. The van der Waals surface area contributed by atoms with Crippen molar-refractivity contribution < 1.29 is 4.79 Å². The molecule has 3 heterocycles. The van der Waals surface area contributed by atoms with E-state index in [4.69, 9.17) is 5.26 Å². The lowest BCUT2D eigenvalue weighted by Crippen LogP contribution is -2.48. The van der Waals surface area contributed by atoms with Crippen molar-refractivity contribution in [1.82, 2.24) is 19.9 Å². The van der Waals surface area contributed by atoms with Gasteiger partial charge in [0.15, 0.2) is 0 Å². The second kappa shape index (κ2) is 6.48. The second-order valence-electron chi connectivity index (χ2n) is 5.70. The molecule has 7 heteroatoms. The zero-order valence-corrected chi connectivity index (χ0v) is 12.9. The molecule has 3 rings (SSSR count). The van der Waals surface area contributed by atoms with E-state index in [1.54, 1.807) is 29.4 Å². The normalized spacial score (nSPS) is 17.6. The number of nitrogens with one attached hydrogen (secondary N) is 1. The number of pyridine rings is 1. The summed E-state index contributed by atoms with van der Waals surface area (Å²) in [7, 11) is 1.84. The minimum atomic E-state index is -0.148. The Labute approximate surface area is 134 Å². The third-order valence-electron chi connectivity index (χ3n) is 3.90. The molecular weight excluding hydrogens is 292 g/mol. The molecule has 23 heavy (non-hydrogen) atoms. The Morgan fingerprint density at radius 3 is 2.96 bits per heavy atom. The van der Waals surface area contributed by atoms with Crippen molar-refractivity contribution in [3.63, 3.8) is 0 Å². The molecule has 0 spiro atoms. The van der Waals surface area contributed by atoms with Crippen LogP contribution in [-0.2, 0) is 7.05 Å². The highest BCUT2D eigenvalue weighted by Crippen LogP contribution is 2.18. The van der Waals surface area contributed by atoms with E-state index in [-0.39, 0.29) is 11.9 Å². The predicted molar refractivity (Wildman–Crippen MR) is 84.9 cm³/mol. The third kappa shape index (κ3) is 3.48. The van der Waals surface area contributed by atoms with Crippen LogP contribution in [0.4, 0.5) is 5.82 Å². The van der Waals surface area contributed by atoms with Gasteiger partial charge in [-0.2, -0.15) is 5.26 Å². The molecule has 7 nitrogen and oxygen atoms in total. The van der Waals surface area contributed by atoms with Crippen LogP contribution in [0.1, 0.15) is 28.9 Å². The van der Waals surface area contributed by atoms with Crippen LogP contribution >= 0.6 is 0 Å². The lowest BCUT2D eigenvalue weighted by molar-refractivity contribution is 0.0928. The summed E-state index contributed by atoms with van der Waals surface area (Å²) in [4.78, 5) is 22.7. The number of nitriles is 1. The second-order valence-corrected chi connectivity index (χ2v) is 5.70. The van der Waals surface area contributed by atoms with Crippen LogP contribution in [0.25, 0.3) is 0 Å². The Hall–Kier alpha value is -2.88. The number of amides is 1. The highest BCUT2D eigenvalue weighted by Gasteiger charge is 2.23. The van der Waals surface area contributed by atoms with Gasteiger partial charge in [0, 0.05) is 38.6 Å². The van der Waals surface area contributed by atoms with Crippen LogP contribution < -0.4 is 10.2 Å². The molecule has 1 unspecified atom stereocenters. The Morgan fingerprint density at radius 2 is 2.30 bits per heavy atom. The average Bonchev–Trinajstić information content (AvgIpc) is 3.02. The summed E-state index contributed by atoms with van der Waals surface area (Å²) in [6, 6.07) is 5.74. The molecule has 1 fully saturated rings. The van der Waals surface area contributed by atoms with Gasteiger partial charge in [-0.25, -0.2) is 9.97 Å². The fraction of sp³-hybridized carbons (Fsp3) is 0.375. The molecule has 1 atom stereocenters.